The van der Waals surface area contributed by atoms with Crippen LogP contribution in [0.15, 0.2) is 22.8 Å². The molecule has 7 heteroatoms. The van der Waals surface area contributed by atoms with Gasteiger partial charge in [-0.1, -0.05) is 0 Å². The van der Waals surface area contributed by atoms with Crippen LogP contribution in [-0.4, -0.2) is 53.8 Å². The molecule has 2 rings (SSSR count). The van der Waals surface area contributed by atoms with Gasteiger partial charge < -0.3 is 9.47 Å². The first-order valence-electron chi connectivity index (χ1n) is 6.79. The molecule has 0 aliphatic carbocycles. The molecule has 0 aliphatic rings. The van der Waals surface area contributed by atoms with E-state index in [1.165, 1.54) is 7.11 Å². The molecule has 122 valence electrons. The van der Waals surface area contributed by atoms with Gasteiger partial charge >= 0.3 is 5.97 Å². The number of ether oxygens (including phenoxy) is 2. The summed E-state index contributed by atoms with van der Waals surface area (Å²) < 4.78 is 13.3. The van der Waals surface area contributed by atoms with Crippen molar-refractivity contribution in [3.8, 4) is 0 Å². The van der Waals surface area contributed by atoms with Crippen molar-refractivity contribution in [3.63, 3.8) is 0 Å². The van der Waals surface area contributed by atoms with Crippen molar-refractivity contribution in [1.82, 2.24) is 9.55 Å². The highest BCUT2D eigenvalue weighted by Crippen LogP contribution is 2.33. The number of methoxy groups -OCH3 is 1. The van der Waals surface area contributed by atoms with Crippen LogP contribution in [0.1, 0.15) is 10.5 Å². The molecule has 22 heavy (non-hydrogen) atoms. The Kier molecular flexibility index (Phi) is 5.52. The molecule has 2 aromatic rings. The monoisotopic (exact) mass is 388 g/mol. The predicted molar refractivity (Wildman–Crippen MR) is 95.0 cm³/mol. The largest absolute Gasteiger partial charge is 0.464 e. The molecule has 0 unspecified atom stereocenters. The van der Waals surface area contributed by atoms with Gasteiger partial charge in [-0.25, -0.2) is 19.8 Å². The Bertz CT molecular complexity index is 679. The lowest BCUT2D eigenvalue weighted by molar-refractivity contribution is 0.0548. The van der Waals surface area contributed by atoms with Crippen LogP contribution >= 0.6 is 26.0 Å². The molecule has 2 aromatic heterocycles. The average Bonchev–Trinajstić information content (AvgIpc) is 2.82. The summed E-state index contributed by atoms with van der Waals surface area (Å²) in [5.41, 5.74) is 1.15. The van der Waals surface area contributed by atoms with E-state index < -0.39 is 16.0 Å². The second kappa shape index (κ2) is 7.02. The molecule has 0 aliphatic heterocycles. The highest BCUT2D eigenvalue weighted by Gasteiger charge is 2.18. The lowest BCUT2D eigenvalue weighted by Crippen LogP contribution is -2.15. The molecule has 0 spiro atoms. The second-order valence-electron chi connectivity index (χ2n) is 5.81. The summed E-state index contributed by atoms with van der Waals surface area (Å²) in [6.45, 7) is 0.944. The van der Waals surface area contributed by atoms with Crippen LogP contribution in [0.25, 0.3) is 11.0 Å². The Labute approximate surface area is 140 Å². The van der Waals surface area contributed by atoms with E-state index in [0.29, 0.717) is 17.9 Å². The number of nitrogens with zero attached hydrogens (tertiary/aromatic N) is 2. The van der Waals surface area contributed by atoms with Gasteiger partial charge in [-0.15, -0.1) is 0 Å². The minimum atomic E-state index is -0.595. The summed E-state index contributed by atoms with van der Waals surface area (Å²) in [6.07, 6.45) is 8.45. The number of pyridine rings is 1. The third-order valence-electron chi connectivity index (χ3n) is 3.20. The van der Waals surface area contributed by atoms with Crippen LogP contribution in [0.4, 0.5) is 0 Å². The molecule has 0 N–H and O–H groups in total. The van der Waals surface area contributed by atoms with Crippen LogP contribution in [0.5, 0.6) is 0 Å². The predicted octanol–water partition coefficient (Wildman–Crippen LogP) is 3.25. The second-order valence-corrected chi connectivity index (χ2v) is 11.3. The number of fused-ring (bicyclic) bond motifs is 1. The van der Waals surface area contributed by atoms with E-state index >= 15 is 0 Å². The molecule has 2 heterocycles. The average molecular weight is 389 g/mol. The Morgan fingerprint density at radius 2 is 2.14 bits per heavy atom. The van der Waals surface area contributed by atoms with Crippen molar-refractivity contribution >= 4 is 43.0 Å². The molecule has 5 nitrogen and oxygen atoms in total. The Balaban J connectivity index is 2.26. The van der Waals surface area contributed by atoms with Gasteiger partial charge in [0.1, 0.15) is 18.1 Å². The first kappa shape index (κ1) is 17.3. The third-order valence-corrected chi connectivity index (χ3v) is 5.28. The zero-order chi connectivity index (χ0) is 16.3. The van der Waals surface area contributed by atoms with E-state index in [9.17, 15) is 4.79 Å². The maximum Gasteiger partial charge on any atom is 0.354 e. The Hall–Kier alpha value is -1.05. The lowest BCUT2D eigenvalue weighted by Gasteiger charge is -2.24. The van der Waals surface area contributed by atoms with E-state index in [1.54, 1.807) is 16.8 Å². The van der Waals surface area contributed by atoms with Gasteiger partial charge in [-0.3, -0.25) is 4.57 Å². The smallest absolute Gasteiger partial charge is 0.354 e. The van der Waals surface area contributed by atoms with Crippen LogP contribution in [0.3, 0.4) is 0 Å². The molecule has 0 saturated heterocycles. The quantitative estimate of drug-likeness (QED) is 0.562. The zero-order valence-electron chi connectivity index (χ0n) is 13.3. The fourth-order valence-corrected chi connectivity index (χ4v) is 3.01. The fraction of sp³-hybridized carbons (Fsp3) is 0.467. The number of carbonyl (C=O) groups is 1. The molecule has 0 saturated carbocycles. The van der Waals surface area contributed by atoms with Crippen LogP contribution in [0, 0.1) is 0 Å². The van der Waals surface area contributed by atoms with E-state index in [4.69, 9.17) is 9.47 Å². The minimum absolute atomic E-state index is 0.285. The van der Waals surface area contributed by atoms with Crippen molar-refractivity contribution < 1.29 is 14.3 Å². The fourth-order valence-electron chi connectivity index (χ4n) is 1.99. The maximum atomic E-state index is 12.0. The summed E-state index contributed by atoms with van der Waals surface area (Å²) in [7, 11) is 0.777. The molecular formula is C15H21BrN2O3S. The lowest BCUT2D eigenvalue weighted by atomic mass is 10.3. The van der Waals surface area contributed by atoms with Gasteiger partial charge in [0.25, 0.3) is 0 Å². The van der Waals surface area contributed by atoms with Gasteiger partial charge in [-0.05, 0) is 46.8 Å². The number of aromatic nitrogens is 2. The molecule has 0 amide bonds. The van der Waals surface area contributed by atoms with Crippen LogP contribution in [0.2, 0.25) is 0 Å². The standard InChI is InChI=1S/C15H21BrN2O3S/c1-20-15(19)13-9-11-12(16)5-6-17-14(11)18(13)10-21-7-8-22(2,3)4/h5-6,9H,7-8,10H2,1-4H3. The van der Waals surface area contributed by atoms with Crippen molar-refractivity contribution in [1.29, 1.82) is 0 Å². The number of carbonyl (C=O) groups excluding carboxylic acids is 1. The highest BCUT2D eigenvalue weighted by molar-refractivity contribution is 9.10. The van der Waals surface area contributed by atoms with Crippen molar-refractivity contribution in [2.75, 3.05) is 38.2 Å². The number of hydrogen-bond donors (Lipinski definition) is 0. The third kappa shape index (κ3) is 4.02. The minimum Gasteiger partial charge on any atom is -0.464 e. The normalized spacial score (nSPS) is 12.6. The SMILES string of the molecule is COC(=O)c1cc2c(Br)ccnc2n1COCCS(C)(C)C. The maximum absolute atomic E-state index is 12.0. The summed E-state index contributed by atoms with van der Waals surface area (Å²) in [5, 5.41) is 0.868. The molecular weight excluding hydrogens is 368 g/mol. The summed E-state index contributed by atoms with van der Waals surface area (Å²) in [5.74, 6) is 0.631. The molecule has 0 radical (unpaired) electrons. The van der Waals surface area contributed by atoms with Gasteiger partial charge in [-0.2, -0.15) is 0 Å². The van der Waals surface area contributed by atoms with E-state index in [0.717, 1.165) is 15.6 Å². The molecule has 0 fully saturated rings. The Morgan fingerprint density at radius 1 is 1.41 bits per heavy atom. The first-order valence-corrected chi connectivity index (χ1v) is 10.6. The molecule has 0 aromatic carbocycles. The van der Waals surface area contributed by atoms with Crippen LogP contribution in [-0.2, 0) is 16.2 Å². The highest BCUT2D eigenvalue weighted by atomic mass is 79.9. The zero-order valence-corrected chi connectivity index (χ0v) is 15.7. The number of hydrogen-bond acceptors (Lipinski definition) is 4. The number of esters is 1. The first-order chi connectivity index (χ1) is 10.3. The molecule has 0 bridgehead atoms. The number of halogens is 1. The topological polar surface area (TPSA) is 53.3 Å². The van der Waals surface area contributed by atoms with Gasteiger partial charge in [0, 0.05) is 21.8 Å². The van der Waals surface area contributed by atoms with Gasteiger partial charge in [0.2, 0.25) is 0 Å². The van der Waals surface area contributed by atoms with E-state index in [1.807, 2.05) is 6.07 Å². The summed E-state index contributed by atoms with van der Waals surface area (Å²) >= 11 is 3.48. The van der Waals surface area contributed by atoms with Gasteiger partial charge in [0.15, 0.2) is 0 Å². The summed E-state index contributed by atoms with van der Waals surface area (Å²) in [6, 6.07) is 3.62. The van der Waals surface area contributed by atoms with Gasteiger partial charge in [0.05, 0.1) is 13.7 Å². The van der Waals surface area contributed by atoms with E-state index in [-0.39, 0.29) is 6.73 Å². The van der Waals surface area contributed by atoms with Crippen LogP contribution < -0.4 is 0 Å². The van der Waals surface area contributed by atoms with Crippen molar-refractivity contribution in [2.24, 2.45) is 0 Å². The van der Waals surface area contributed by atoms with E-state index in [2.05, 4.69) is 39.7 Å². The summed E-state index contributed by atoms with van der Waals surface area (Å²) in [4.78, 5) is 16.3. The van der Waals surface area contributed by atoms with Crippen molar-refractivity contribution in [3.05, 3.63) is 28.5 Å². The van der Waals surface area contributed by atoms with Crippen molar-refractivity contribution in [2.45, 2.75) is 6.73 Å². The number of rotatable bonds is 6. The Morgan fingerprint density at radius 3 is 2.77 bits per heavy atom. The molecule has 0 atom stereocenters.